The average molecular weight is 240 g/mol. The molecular formula is C11H16N2O2S. The third-order valence-corrected chi connectivity index (χ3v) is 4.79. The normalized spacial score (nSPS) is 16.6. The van der Waals surface area contributed by atoms with E-state index in [1.807, 2.05) is 6.92 Å². The number of hydrogen-bond acceptors (Lipinski definition) is 3. The Hall–Kier alpha value is -1.07. The lowest BCUT2D eigenvalue weighted by atomic mass is 10.3. The van der Waals surface area contributed by atoms with Gasteiger partial charge in [0.1, 0.15) is 0 Å². The highest BCUT2D eigenvalue weighted by molar-refractivity contribution is 7.89. The van der Waals surface area contributed by atoms with Gasteiger partial charge in [-0.2, -0.15) is 4.31 Å². The lowest BCUT2D eigenvalue weighted by molar-refractivity contribution is 0.421. The molecule has 0 radical (unpaired) electrons. The van der Waals surface area contributed by atoms with E-state index in [2.05, 4.69) is 0 Å². The minimum absolute atomic E-state index is 0.201. The number of anilines is 1. The Labute approximate surface area is 96.1 Å². The van der Waals surface area contributed by atoms with Crippen LogP contribution in [0, 0.1) is 0 Å². The molecule has 2 N–H and O–H groups in total. The van der Waals surface area contributed by atoms with E-state index in [1.54, 1.807) is 28.6 Å². The summed E-state index contributed by atoms with van der Waals surface area (Å²) in [5.41, 5.74) is 6.12. The van der Waals surface area contributed by atoms with Crippen LogP contribution in [0.1, 0.15) is 19.8 Å². The molecule has 2 rings (SSSR count). The van der Waals surface area contributed by atoms with Gasteiger partial charge >= 0.3 is 0 Å². The van der Waals surface area contributed by atoms with Crippen molar-refractivity contribution in [2.75, 3.05) is 12.3 Å². The zero-order chi connectivity index (χ0) is 11.8. The molecule has 16 heavy (non-hydrogen) atoms. The molecule has 0 spiro atoms. The van der Waals surface area contributed by atoms with Gasteiger partial charge < -0.3 is 5.73 Å². The van der Waals surface area contributed by atoms with Crippen molar-refractivity contribution < 1.29 is 8.42 Å². The SMILES string of the molecule is CCN(C1CC1)S(=O)(=O)c1ccc(N)cc1. The van der Waals surface area contributed by atoms with E-state index < -0.39 is 10.0 Å². The monoisotopic (exact) mass is 240 g/mol. The van der Waals surface area contributed by atoms with Crippen molar-refractivity contribution in [2.45, 2.75) is 30.7 Å². The van der Waals surface area contributed by atoms with Gasteiger partial charge in [-0.3, -0.25) is 0 Å². The van der Waals surface area contributed by atoms with E-state index in [4.69, 9.17) is 5.73 Å². The largest absolute Gasteiger partial charge is 0.399 e. The zero-order valence-corrected chi connectivity index (χ0v) is 10.1. The van der Waals surface area contributed by atoms with Gasteiger partial charge in [0.05, 0.1) is 4.90 Å². The Balaban J connectivity index is 2.33. The van der Waals surface area contributed by atoms with Crippen molar-refractivity contribution in [1.82, 2.24) is 4.31 Å². The van der Waals surface area contributed by atoms with Crippen LogP contribution in [0.4, 0.5) is 5.69 Å². The average Bonchev–Trinajstić information content (AvgIpc) is 3.03. The second kappa shape index (κ2) is 4.07. The van der Waals surface area contributed by atoms with Crippen LogP contribution < -0.4 is 5.73 Å². The summed E-state index contributed by atoms with van der Waals surface area (Å²) in [6.45, 7) is 2.39. The summed E-state index contributed by atoms with van der Waals surface area (Å²) in [5.74, 6) is 0. The molecular weight excluding hydrogens is 224 g/mol. The van der Waals surface area contributed by atoms with Gasteiger partial charge in [-0.1, -0.05) is 6.92 Å². The maximum atomic E-state index is 12.2. The van der Waals surface area contributed by atoms with Crippen LogP contribution in [0.5, 0.6) is 0 Å². The van der Waals surface area contributed by atoms with Crippen LogP contribution >= 0.6 is 0 Å². The molecule has 1 saturated carbocycles. The molecule has 0 aromatic heterocycles. The van der Waals surface area contributed by atoms with Crippen LogP contribution in [0.3, 0.4) is 0 Å². The minimum atomic E-state index is -3.33. The van der Waals surface area contributed by atoms with Gasteiger partial charge in [0.15, 0.2) is 0 Å². The summed E-state index contributed by atoms with van der Waals surface area (Å²) in [6, 6.07) is 6.57. The third kappa shape index (κ3) is 2.05. The fraction of sp³-hybridized carbons (Fsp3) is 0.455. The molecule has 1 aliphatic rings. The van der Waals surface area contributed by atoms with E-state index in [1.165, 1.54) is 0 Å². The first-order valence-corrected chi connectivity index (χ1v) is 6.87. The summed E-state index contributed by atoms with van der Waals surface area (Å²) < 4.78 is 26.1. The van der Waals surface area contributed by atoms with E-state index in [-0.39, 0.29) is 6.04 Å². The van der Waals surface area contributed by atoms with Gasteiger partial charge in [-0.25, -0.2) is 8.42 Å². The van der Waals surface area contributed by atoms with Gasteiger partial charge in [-0.05, 0) is 37.1 Å². The van der Waals surface area contributed by atoms with Crippen LogP contribution in [-0.2, 0) is 10.0 Å². The summed E-state index contributed by atoms with van der Waals surface area (Å²) in [7, 11) is -3.33. The molecule has 0 aliphatic heterocycles. The molecule has 1 fully saturated rings. The first kappa shape index (κ1) is 11.4. The molecule has 0 bridgehead atoms. The van der Waals surface area contributed by atoms with Gasteiger partial charge in [0, 0.05) is 18.3 Å². The zero-order valence-electron chi connectivity index (χ0n) is 9.26. The molecule has 4 nitrogen and oxygen atoms in total. The second-order valence-electron chi connectivity index (χ2n) is 4.01. The Morgan fingerprint density at radius 2 is 1.88 bits per heavy atom. The highest BCUT2D eigenvalue weighted by Gasteiger charge is 2.36. The molecule has 5 heteroatoms. The number of nitrogens with zero attached hydrogens (tertiary/aromatic N) is 1. The lowest BCUT2D eigenvalue weighted by Crippen LogP contribution is -2.32. The number of rotatable bonds is 4. The summed E-state index contributed by atoms with van der Waals surface area (Å²) in [5, 5.41) is 0. The summed E-state index contributed by atoms with van der Waals surface area (Å²) >= 11 is 0. The Morgan fingerprint density at radius 1 is 1.31 bits per heavy atom. The number of nitrogen functional groups attached to an aromatic ring is 1. The molecule has 1 aliphatic carbocycles. The second-order valence-corrected chi connectivity index (χ2v) is 5.90. The number of nitrogens with two attached hydrogens (primary N) is 1. The van der Waals surface area contributed by atoms with Gasteiger partial charge in [0.25, 0.3) is 0 Å². The summed E-state index contributed by atoms with van der Waals surface area (Å²) in [4.78, 5) is 0.329. The molecule has 88 valence electrons. The van der Waals surface area contributed by atoms with Crippen molar-refractivity contribution in [3.63, 3.8) is 0 Å². The fourth-order valence-corrected chi connectivity index (χ4v) is 3.46. The fourth-order valence-electron chi connectivity index (χ4n) is 1.76. The van der Waals surface area contributed by atoms with Crippen molar-refractivity contribution in [3.05, 3.63) is 24.3 Å². The maximum absolute atomic E-state index is 12.2. The highest BCUT2D eigenvalue weighted by Crippen LogP contribution is 2.31. The van der Waals surface area contributed by atoms with Crippen LogP contribution in [0.25, 0.3) is 0 Å². The Morgan fingerprint density at radius 3 is 2.31 bits per heavy atom. The van der Waals surface area contributed by atoms with Gasteiger partial charge in [-0.15, -0.1) is 0 Å². The Bertz CT molecular complexity index is 463. The topological polar surface area (TPSA) is 63.4 Å². The third-order valence-electron chi connectivity index (χ3n) is 2.75. The van der Waals surface area contributed by atoms with Crippen molar-refractivity contribution in [1.29, 1.82) is 0 Å². The molecule has 0 atom stereocenters. The van der Waals surface area contributed by atoms with Crippen LogP contribution in [0.15, 0.2) is 29.2 Å². The number of sulfonamides is 1. The molecule has 1 aromatic rings. The summed E-state index contributed by atoms with van der Waals surface area (Å²) in [6.07, 6.45) is 1.95. The lowest BCUT2D eigenvalue weighted by Gasteiger charge is -2.19. The van der Waals surface area contributed by atoms with Gasteiger partial charge in [0.2, 0.25) is 10.0 Å². The minimum Gasteiger partial charge on any atom is -0.399 e. The molecule has 1 aromatic carbocycles. The van der Waals surface area contributed by atoms with E-state index in [9.17, 15) is 8.42 Å². The standard InChI is InChI=1S/C11H16N2O2S/c1-2-13(10-5-6-10)16(14,15)11-7-3-9(12)4-8-11/h3-4,7-8,10H,2,5-6,12H2,1H3. The molecule has 0 amide bonds. The highest BCUT2D eigenvalue weighted by atomic mass is 32.2. The van der Waals surface area contributed by atoms with Crippen molar-refractivity contribution >= 4 is 15.7 Å². The predicted octanol–water partition coefficient (Wildman–Crippen LogP) is 1.44. The molecule has 0 heterocycles. The number of hydrogen-bond donors (Lipinski definition) is 1. The van der Waals surface area contributed by atoms with E-state index in [0.29, 0.717) is 17.1 Å². The predicted molar refractivity (Wildman–Crippen MR) is 63.4 cm³/mol. The first-order chi connectivity index (χ1) is 7.55. The van der Waals surface area contributed by atoms with Crippen LogP contribution in [-0.4, -0.2) is 25.3 Å². The van der Waals surface area contributed by atoms with Crippen molar-refractivity contribution in [2.24, 2.45) is 0 Å². The first-order valence-electron chi connectivity index (χ1n) is 5.43. The Kier molecular flexibility index (Phi) is 2.90. The number of benzene rings is 1. The molecule has 0 unspecified atom stereocenters. The van der Waals surface area contributed by atoms with E-state index in [0.717, 1.165) is 12.8 Å². The maximum Gasteiger partial charge on any atom is 0.243 e. The van der Waals surface area contributed by atoms with E-state index >= 15 is 0 Å². The quantitative estimate of drug-likeness (QED) is 0.810. The smallest absolute Gasteiger partial charge is 0.243 e. The van der Waals surface area contributed by atoms with Crippen LogP contribution in [0.2, 0.25) is 0 Å². The van der Waals surface area contributed by atoms with Crippen molar-refractivity contribution in [3.8, 4) is 0 Å². The molecule has 0 saturated heterocycles.